The molecule has 7 nitrogen and oxygen atoms in total. The molecule has 126 valence electrons. The van der Waals surface area contributed by atoms with Crippen LogP contribution in [0.25, 0.3) is 11.5 Å². The van der Waals surface area contributed by atoms with Gasteiger partial charge < -0.3 is 4.42 Å². The number of aromatic nitrogens is 2. The van der Waals surface area contributed by atoms with Crippen molar-refractivity contribution in [3.8, 4) is 11.5 Å². The minimum atomic E-state index is -0.518. The summed E-state index contributed by atoms with van der Waals surface area (Å²) >= 11 is 5.11. The van der Waals surface area contributed by atoms with Crippen LogP contribution in [0.5, 0.6) is 0 Å². The molecule has 1 heterocycles. The minimum absolute atomic E-state index is 0.0729. The van der Waals surface area contributed by atoms with Crippen LogP contribution in [-0.4, -0.2) is 20.5 Å². The molecule has 0 amide bonds. The third kappa shape index (κ3) is 3.69. The van der Waals surface area contributed by atoms with Gasteiger partial charge in [0.25, 0.3) is 10.5 Å². The fourth-order valence-corrected chi connectivity index (χ4v) is 2.40. The maximum Gasteiger partial charge on any atom is 0.287 e. The number of nitro benzene ring substituents is 1. The highest BCUT2D eigenvalue weighted by Crippen LogP contribution is 2.19. The molecule has 3 rings (SSSR count). The second-order valence-electron chi connectivity index (χ2n) is 5.42. The lowest BCUT2D eigenvalue weighted by atomic mass is 10.1. The van der Waals surface area contributed by atoms with Crippen molar-refractivity contribution in [3.63, 3.8) is 0 Å². The zero-order chi connectivity index (χ0) is 18.0. The normalized spacial score (nSPS) is 10.6. The molecular weight excluding hydrogens is 342 g/mol. The van der Waals surface area contributed by atoms with Gasteiger partial charge in [0.15, 0.2) is 5.78 Å². The van der Waals surface area contributed by atoms with Crippen molar-refractivity contribution in [2.75, 3.05) is 0 Å². The number of carbonyl (C=O) groups is 1. The molecule has 0 aliphatic heterocycles. The van der Waals surface area contributed by atoms with E-state index in [0.717, 1.165) is 11.1 Å². The Balaban J connectivity index is 1.81. The molecule has 8 heteroatoms. The average molecular weight is 355 g/mol. The summed E-state index contributed by atoms with van der Waals surface area (Å²) in [6.45, 7) is 1.87. The summed E-state index contributed by atoms with van der Waals surface area (Å²) in [5, 5.41) is 14.9. The summed E-state index contributed by atoms with van der Waals surface area (Å²) in [5.41, 5.74) is 2.14. The lowest BCUT2D eigenvalue weighted by Gasteiger charge is -2.00. The van der Waals surface area contributed by atoms with Crippen LogP contribution in [0.4, 0.5) is 5.69 Å². The minimum Gasteiger partial charge on any atom is -0.409 e. The van der Waals surface area contributed by atoms with E-state index in [1.54, 1.807) is 0 Å². The highest BCUT2D eigenvalue weighted by molar-refractivity contribution is 7.71. The molecule has 0 atom stereocenters. The van der Waals surface area contributed by atoms with Crippen molar-refractivity contribution >= 4 is 23.7 Å². The third-order valence-corrected chi connectivity index (χ3v) is 3.89. The number of benzene rings is 2. The molecule has 1 aromatic heterocycles. The number of rotatable bonds is 5. The van der Waals surface area contributed by atoms with E-state index in [1.807, 2.05) is 31.2 Å². The maximum atomic E-state index is 12.3. The molecule has 0 bridgehead atoms. The summed E-state index contributed by atoms with van der Waals surface area (Å²) in [7, 11) is 0. The van der Waals surface area contributed by atoms with E-state index in [-0.39, 0.29) is 22.9 Å². The van der Waals surface area contributed by atoms with Crippen LogP contribution in [0.15, 0.2) is 52.9 Å². The van der Waals surface area contributed by atoms with E-state index in [0.29, 0.717) is 11.5 Å². The quantitative estimate of drug-likeness (QED) is 0.298. The van der Waals surface area contributed by atoms with Crippen LogP contribution in [0.3, 0.4) is 0 Å². The molecule has 0 saturated carbocycles. The summed E-state index contributed by atoms with van der Waals surface area (Å²) in [5.74, 6) is 0.0660. The predicted molar refractivity (Wildman–Crippen MR) is 92.9 cm³/mol. The smallest absolute Gasteiger partial charge is 0.287 e. The molecule has 0 unspecified atom stereocenters. The van der Waals surface area contributed by atoms with Gasteiger partial charge in [0.2, 0.25) is 5.89 Å². The van der Waals surface area contributed by atoms with Gasteiger partial charge >= 0.3 is 0 Å². The van der Waals surface area contributed by atoms with Gasteiger partial charge in [-0.3, -0.25) is 14.9 Å². The van der Waals surface area contributed by atoms with E-state index in [2.05, 4.69) is 5.10 Å². The molecule has 0 aliphatic rings. The lowest BCUT2D eigenvalue weighted by molar-refractivity contribution is -0.384. The number of nitro groups is 1. The van der Waals surface area contributed by atoms with Crippen LogP contribution in [-0.2, 0) is 6.54 Å². The van der Waals surface area contributed by atoms with Crippen LogP contribution in [0.2, 0.25) is 0 Å². The van der Waals surface area contributed by atoms with Gasteiger partial charge in [-0.1, -0.05) is 17.7 Å². The molecule has 0 radical (unpaired) electrons. The third-order valence-electron chi connectivity index (χ3n) is 3.60. The maximum absolute atomic E-state index is 12.3. The van der Waals surface area contributed by atoms with E-state index in [4.69, 9.17) is 16.6 Å². The number of aryl methyl sites for hydroxylation is 1. The van der Waals surface area contributed by atoms with Gasteiger partial charge in [-0.25, -0.2) is 4.68 Å². The van der Waals surface area contributed by atoms with E-state index in [9.17, 15) is 14.9 Å². The molecule has 0 saturated heterocycles. The summed E-state index contributed by atoms with van der Waals surface area (Å²) in [4.78, 5) is 22.5. The Bertz CT molecular complexity index is 988. The first-order valence-corrected chi connectivity index (χ1v) is 7.77. The number of hydrogen-bond donors (Lipinski definition) is 0. The van der Waals surface area contributed by atoms with Crippen molar-refractivity contribution in [2.45, 2.75) is 13.5 Å². The second-order valence-corrected chi connectivity index (χ2v) is 5.77. The Kier molecular flexibility index (Phi) is 4.53. The predicted octanol–water partition coefficient (Wildman–Crippen LogP) is 3.97. The lowest BCUT2D eigenvalue weighted by Crippen LogP contribution is -2.11. The van der Waals surface area contributed by atoms with E-state index in [1.165, 1.54) is 28.9 Å². The van der Waals surface area contributed by atoms with Crippen molar-refractivity contribution < 1.29 is 14.1 Å². The van der Waals surface area contributed by atoms with Gasteiger partial charge in [-0.15, -0.1) is 5.10 Å². The molecular formula is C17H13N3O4S. The molecule has 0 fully saturated rings. The number of nitrogens with zero attached hydrogens (tertiary/aromatic N) is 3. The van der Waals surface area contributed by atoms with Gasteiger partial charge in [0, 0.05) is 23.3 Å². The number of carbonyl (C=O) groups excluding carboxylic acids is 1. The highest BCUT2D eigenvalue weighted by Gasteiger charge is 2.14. The molecule has 0 spiro atoms. The van der Waals surface area contributed by atoms with Crippen molar-refractivity contribution in [1.82, 2.24) is 9.78 Å². The number of non-ortho nitro benzene ring substituents is 1. The summed E-state index contributed by atoms with van der Waals surface area (Å²) < 4.78 is 6.75. The molecule has 0 aliphatic carbocycles. The zero-order valence-corrected chi connectivity index (χ0v) is 14.0. The topological polar surface area (TPSA) is 91.2 Å². The summed E-state index contributed by atoms with van der Waals surface area (Å²) in [6.07, 6.45) is 0. The van der Waals surface area contributed by atoms with Crippen molar-refractivity contribution in [1.29, 1.82) is 0 Å². The standard InChI is InChI=1S/C17H13N3O4S/c1-11-2-4-13(5-3-11)16-18-19(17(25)24-16)10-15(21)12-6-8-14(9-7-12)20(22)23/h2-9H,10H2,1H3. The fraction of sp³-hybridized carbons (Fsp3) is 0.118. The zero-order valence-electron chi connectivity index (χ0n) is 13.2. The second kappa shape index (κ2) is 6.78. The first kappa shape index (κ1) is 16.7. The molecule has 25 heavy (non-hydrogen) atoms. The highest BCUT2D eigenvalue weighted by atomic mass is 32.1. The fourth-order valence-electron chi connectivity index (χ4n) is 2.22. The first-order chi connectivity index (χ1) is 11.9. The van der Waals surface area contributed by atoms with E-state index < -0.39 is 4.92 Å². The van der Waals surface area contributed by atoms with Crippen LogP contribution < -0.4 is 0 Å². The van der Waals surface area contributed by atoms with Crippen LogP contribution in [0, 0.1) is 21.9 Å². The van der Waals surface area contributed by atoms with E-state index >= 15 is 0 Å². The van der Waals surface area contributed by atoms with Gasteiger partial charge in [-0.05, 0) is 43.4 Å². The number of Topliss-reactive ketones (excluding diaryl/α,β-unsaturated/α-hetero) is 1. The van der Waals surface area contributed by atoms with Crippen LogP contribution in [0.1, 0.15) is 15.9 Å². The Morgan fingerprint density at radius 2 is 1.84 bits per heavy atom. The Hall–Kier alpha value is -3.13. The summed E-state index contributed by atoms with van der Waals surface area (Å²) in [6, 6.07) is 13.0. The Labute approximate surface area is 147 Å². The van der Waals surface area contributed by atoms with Crippen LogP contribution >= 0.6 is 12.2 Å². The number of hydrogen-bond acceptors (Lipinski definition) is 6. The Morgan fingerprint density at radius 3 is 2.44 bits per heavy atom. The molecule has 3 aromatic rings. The van der Waals surface area contributed by atoms with Crippen molar-refractivity contribution in [2.24, 2.45) is 0 Å². The average Bonchev–Trinajstić information content (AvgIpc) is 2.96. The Morgan fingerprint density at radius 1 is 1.20 bits per heavy atom. The number of ketones is 1. The monoisotopic (exact) mass is 355 g/mol. The van der Waals surface area contributed by atoms with Gasteiger partial charge in [0.05, 0.1) is 4.92 Å². The largest absolute Gasteiger partial charge is 0.409 e. The van der Waals surface area contributed by atoms with Crippen molar-refractivity contribution in [3.05, 3.63) is 74.6 Å². The van der Waals surface area contributed by atoms with Gasteiger partial charge in [0.1, 0.15) is 6.54 Å². The van der Waals surface area contributed by atoms with Gasteiger partial charge in [-0.2, -0.15) is 0 Å². The first-order valence-electron chi connectivity index (χ1n) is 7.36. The SMILES string of the molecule is Cc1ccc(-c2nn(CC(=O)c3ccc([N+](=O)[O-])cc3)c(=S)o2)cc1. The molecule has 0 N–H and O–H groups in total. The molecule has 2 aromatic carbocycles.